The molecule has 2 rings (SSSR count). The number of benzene rings is 1. The van der Waals surface area contributed by atoms with Gasteiger partial charge < -0.3 is 4.74 Å². The van der Waals surface area contributed by atoms with Crippen molar-refractivity contribution in [2.75, 3.05) is 7.05 Å². The van der Waals surface area contributed by atoms with Crippen molar-refractivity contribution >= 4 is 5.97 Å². The maximum atomic E-state index is 11.2. The number of ether oxygens (including phenoxy) is 1. The van der Waals surface area contributed by atoms with Crippen LogP contribution in [0.15, 0.2) is 24.7 Å². The third-order valence-electron chi connectivity index (χ3n) is 4.81. The number of esters is 1. The van der Waals surface area contributed by atoms with Gasteiger partial charge in [-0.2, -0.15) is 0 Å². The molecule has 0 fully saturated rings. The van der Waals surface area contributed by atoms with E-state index in [0.29, 0.717) is 6.61 Å². The zero-order valence-corrected chi connectivity index (χ0v) is 16.0. The van der Waals surface area contributed by atoms with Gasteiger partial charge in [-0.1, -0.05) is 6.07 Å². The van der Waals surface area contributed by atoms with Crippen LogP contribution in [0.1, 0.15) is 53.4 Å². The predicted octanol–water partition coefficient (Wildman–Crippen LogP) is 3.66. The molecule has 5 nitrogen and oxygen atoms in total. The Labute approximate surface area is 150 Å². The summed E-state index contributed by atoms with van der Waals surface area (Å²) in [6.45, 7) is 11.0. The Balaban J connectivity index is 2.26. The SMILES string of the molecule is CC(=O)OCc1c(C)cc(C)c(CN(C)C(C)c2ccncn2)c1C. The Morgan fingerprint density at radius 2 is 1.92 bits per heavy atom. The lowest BCUT2D eigenvalue weighted by Crippen LogP contribution is -2.24. The van der Waals surface area contributed by atoms with Crippen LogP contribution in [0, 0.1) is 20.8 Å². The summed E-state index contributed by atoms with van der Waals surface area (Å²) in [7, 11) is 2.09. The first kappa shape index (κ1) is 19.1. The van der Waals surface area contributed by atoms with Crippen molar-refractivity contribution in [3.63, 3.8) is 0 Å². The minimum absolute atomic E-state index is 0.181. The second kappa shape index (κ2) is 8.21. The van der Waals surface area contributed by atoms with Crippen molar-refractivity contribution in [3.8, 4) is 0 Å². The van der Waals surface area contributed by atoms with Gasteiger partial charge >= 0.3 is 5.97 Å². The molecule has 0 amide bonds. The molecular formula is C20H27N3O2. The van der Waals surface area contributed by atoms with Gasteiger partial charge in [-0.05, 0) is 68.6 Å². The highest BCUT2D eigenvalue weighted by Crippen LogP contribution is 2.26. The van der Waals surface area contributed by atoms with Crippen molar-refractivity contribution in [3.05, 3.63) is 58.2 Å². The molecule has 1 aromatic heterocycles. The van der Waals surface area contributed by atoms with Gasteiger partial charge in [0.2, 0.25) is 0 Å². The fraction of sp³-hybridized carbons (Fsp3) is 0.450. The van der Waals surface area contributed by atoms with Crippen LogP contribution < -0.4 is 0 Å². The van der Waals surface area contributed by atoms with Crippen LogP contribution in [0.25, 0.3) is 0 Å². The van der Waals surface area contributed by atoms with E-state index in [1.807, 2.05) is 6.07 Å². The van der Waals surface area contributed by atoms with E-state index in [-0.39, 0.29) is 12.0 Å². The number of aryl methyl sites for hydroxylation is 2. The zero-order chi connectivity index (χ0) is 18.6. The quantitative estimate of drug-likeness (QED) is 0.751. The van der Waals surface area contributed by atoms with E-state index in [2.05, 4.69) is 55.7 Å². The second-order valence-corrected chi connectivity index (χ2v) is 6.60. The van der Waals surface area contributed by atoms with Crippen LogP contribution in [-0.4, -0.2) is 27.9 Å². The van der Waals surface area contributed by atoms with Crippen LogP contribution in [0.5, 0.6) is 0 Å². The number of carbonyl (C=O) groups excluding carboxylic acids is 1. The summed E-state index contributed by atoms with van der Waals surface area (Å²) in [5.41, 5.74) is 6.98. The molecule has 0 aliphatic rings. The van der Waals surface area contributed by atoms with Gasteiger partial charge in [-0.25, -0.2) is 9.97 Å². The summed E-state index contributed by atoms with van der Waals surface area (Å²) in [4.78, 5) is 21.8. The molecule has 134 valence electrons. The smallest absolute Gasteiger partial charge is 0.302 e. The van der Waals surface area contributed by atoms with Gasteiger partial charge in [0.05, 0.1) is 5.69 Å². The van der Waals surface area contributed by atoms with Gasteiger partial charge in [-0.3, -0.25) is 9.69 Å². The lowest BCUT2D eigenvalue weighted by molar-refractivity contribution is -0.142. The molecule has 0 aliphatic heterocycles. The minimum Gasteiger partial charge on any atom is -0.461 e. The third kappa shape index (κ3) is 4.63. The Hall–Kier alpha value is -2.27. The number of carbonyl (C=O) groups is 1. The summed E-state index contributed by atoms with van der Waals surface area (Å²) in [6.07, 6.45) is 3.35. The highest BCUT2D eigenvalue weighted by atomic mass is 16.5. The average Bonchev–Trinajstić information content (AvgIpc) is 2.58. The highest BCUT2D eigenvalue weighted by molar-refractivity contribution is 5.66. The fourth-order valence-corrected chi connectivity index (χ4v) is 3.07. The topological polar surface area (TPSA) is 55.3 Å². The summed E-state index contributed by atoms with van der Waals surface area (Å²) >= 11 is 0. The molecule has 1 unspecified atom stereocenters. The summed E-state index contributed by atoms with van der Waals surface area (Å²) in [6, 6.07) is 4.30. The Kier molecular flexibility index (Phi) is 6.26. The maximum absolute atomic E-state index is 11.2. The van der Waals surface area contributed by atoms with E-state index < -0.39 is 0 Å². The van der Waals surface area contributed by atoms with Gasteiger partial charge in [0.15, 0.2) is 0 Å². The monoisotopic (exact) mass is 341 g/mol. The van der Waals surface area contributed by atoms with Crippen LogP contribution in [0.3, 0.4) is 0 Å². The number of aromatic nitrogens is 2. The van der Waals surface area contributed by atoms with E-state index in [9.17, 15) is 4.79 Å². The number of hydrogen-bond acceptors (Lipinski definition) is 5. The van der Waals surface area contributed by atoms with Gasteiger partial charge in [0, 0.05) is 25.7 Å². The van der Waals surface area contributed by atoms with Gasteiger partial charge in [-0.15, -0.1) is 0 Å². The van der Waals surface area contributed by atoms with Crippen molar-refractivity contribution < 1.29 is 9.53 Å². The van der Waals surface area contributed by atoms with E-state index in [4.69, 9.17) is 4.74 Å². The predicted molar refractivity (Wildman–Crippen MR) is 98.0 cm³/mol. The largest absolute Gasteiger partial charge is 0.461 e. The van der Waals surface area contributed by atoms with Crippen LogP contribution >= 0.6 is 0 Å². The summed E-state index contributed by atoms with van der Waals surface area (Å²) in [5.74, 6) is -0.254. The fourth-order valence-electron chi connectivity index (χ4n) is 3.07. The molecule has 0 saturated heterocycles. The van der Waals surface area contributed by atoms with E-state index in [1.165, 1.54) is 23.6 Å². The van der Waals surface area contributed by atoms with Crippen molar-refractivity contribution in [1.82, 2.24) is 14.9 Å². The van der Waals surface area contributed by atoms with Crippen LogP contribution in [-0.2, 0) is 22.7 Å². The number of hydrogen-bond donors (Lipinski definition) is 0. The Bertz CT molecular complexity index is 744. The summed E-state index contributed by atoms with van der Waals surface area (Å²) in [5, 5.41) is 0. The molecule has 5 heteroatoms. The molecular weight excluding hydrogens is 314 g/mol. The molecule has 1 heterocycles. The Morgan fingerprint density at radius 1 is 1.24 bits per heavy atom. The van der Waals surface area contributed by atoms with E-state index >= 15 is 0 Å². The highest BCUT2D eigenvalue weighted by Gasteiger charge is 2.18. The molecule has 1 atom stereocenters. The normalized spacial score (nSPS) is 12.3. The minimum atomic E-state index is -0.254. The lowest BCUT2D eigenvalue weighted by atomic mass is 9.93. The first-order valence-corrected chi connectivity index (χ1v) is 8.49. The van der Waals surface area contributed by atoms with Crippen LogP contribution in [0.4, 0.5) is 0 Å². The zero-order valence-electron chi connectivity index (χ0n) is 16.0. The van der Waals surface area contributed by atoms with Gasteiger partial charge in [0.25, 0.3) is 0 Å². The van der Waals surface area contributed by atoms with Crippen molar-refractivity contribution in [2.24, 2.45) is 0 Å². The standard InChI is InChI=1S/C20H27N3O2/c1-13-9-14(2)19(11-25-17(5)24)15(3)18(13)10-23(6)16(4)20-7-8-21-12-22-20/h7-9,12,16H,10-11H2,1-6H3. The first-order valence-electron chi connectivity index (χ1n) is 8.49. The molecule has 0 spiro atoms. The third-order valence-corrected chi connectivity index (χ3v) is 4.81. The van der Waals surface area contributed by atoms with E-state index in [0.717, 1.165) is 23.4 Å². The molecule has 0 aliphatic carbocycles. The number of rotatable bonds is 6. The first-order chi connectivity index (χ1) is 11.8. The lowest BCUT2D eigenvalue weighted by Gasteiger charge is -2.27. The Morgan fingerprint density at radius 3 is 2.52 bits per heavy atom. The molecule has 0 bridgehead atoms. The maximum Gasteiger partial charge on any atom is 0.302 e. The van der Waals surface area contributed by atoms with Gasteiger partial charge in [0.1, 0.15) is 12.9 Å². The second-order valence-electron chi connectivity index (χ2n) is 6.60. The van der Waals surface area contributed by atoms with Crippen molar-refractivity contribution in [2.45, 2.75) is 53.8 Å². The molecule has 0 N–H and O–H groups in total. The van der Waals surface area contributed by atoms with E-state index in [1.54, 1.807) is 12.5 Å². The average molecular weight is 341 g/mol. The van der Waals surface area contributed by atoms with Crippen LogP contribution in [0.2, 0.25) is 0 Å². The summed E-state index contributed by atoms with van der Waals surface area (Å²) < 4.78 is 5.24. The molecule has 0 radical (unpaired) electrons. The molecule has 1 aromatic carbocycles. The molecule has 2 aromatic rings. The molecule has 25 heavy (non-hydrogen) atoms. The molecule has 0 saturated carbocycles. The van der Waals surface area contributed by atoms with Crippen molar-refractivity contribution in [1.29, 1.82) is 0 Å². The number of nitrogens with zero attached hydrogens (tertiary/aromatic N) is 3.